The molecule has 2 aliphatic rings. The van der Waals surface area contributed by atoms with E-state index in [9.17, 15) is 4.79 Å². The maximum atomic E-state index is 13.2. The first-order chi connectivity index (χ1) is 14.3. The molecule has 30 heavy (non-hydrogen) atoms. The summed E-state index contributed by atoms with van der Waals surface area (Å²) in [6.45, 7) is 8.04. The number of fused-ring (bicyclic) bond motifs is 4. The van der Waals surface area contributed by atoms with Crippen molar-refractivity contribution in [3.8, 4) is 11.5 Å². The van der Waals surface area contributed by atoms with Gasteiger partial charge in [-0.25, -0.2) is 0 Å². The molecule has 0 radical (unpaired) electrons. The molecule has 158 valence electrons. The van der Waals surface area contributed by atoms with Gasteiger partial charge in [-0.2, -0.15) is 0 Å². The maximum Gasteiger partial charge on any atom is 0.317 e. The fourth-order valence-electron chi connectivity index (χ4n) is 4.62. The van der Waals surface area contributed by atoms with Crippen LogP contribution in [-0.2, 0) is 9.53 Å². The molecule has 0 aliphatic carbocycles. The number of nitrogens with zero attached hydrogens (tertiary/aromatic N) is 1. The van der Waals surface area contributed by atoms with Gasteiger partial charge in [0, 0.05) is 5.56 Å². The monoisotopic (exact) mass is 426 g/mol. The summed E-state index contributed by atoms with van der Waals surface area (Å²) in [5, 5.41) is 3.90. The number of aryl methyl sites for hydroxylation is 2. The summed E-state index contributed by atoms with van der Waals surface area (Å²) >= 11 is 5.80. The van der Waals surface area contributed by atoms with Crippen molar-refractivity contribution < 1.29 is 19.0 Å². The number of para-hydroxylation sites is 2. The van der Waals surface area contributed by atoms with Crippen LogP contribution in [0.3, 0.4) is 0 Å². The smallest absolute Gasteiger partial charge is 0.317 e. The number of methoxy groups -OCH3 is 1. The van der Waals surface area contributed by atoms with Crippen LogP contribution in [0.25, 0.3) is 0 Å². The van der Waals surface area contributed by atoms with Gasteiger partial charge >= 0.3 is 5.97 Å². The fourth-order valence-corrected chi connectivity index (χ4v) is 5.02. The van der Waals surface area contributed by atoms with Crippen LogP contribution in [0.2, 0.25) is 0 Å². The lowest BCUT2D eigenvalue weighted by atomic mass is 9.79. The first kappa shape index (κ1) is 20.5. The van der Waals surface area contributed by atoms with Gasteiger partial charge in [0.05, 0.1) is 25.4 Å². The summed E-state index contributed by atoms with van der Waals surface area (Å²) in [5.74, 6) is 0.258. The van der Waals surface area contributed by atoms with Crippen molar-refractivity contribution in [2.24, 2.45) is 5.92 Å². The lowest BCUT2D eigenvalue weighted by Crippen LogP contribution is -2.72. The van der Waals surface area contributed by atoms with Crippen LogP contribution in [0.4, 0.5) is 5.69 Å². The largest absolute Gasteiger partial charge is 0.493 e. The minimum absolute atomic E-state index is 0.289. The standard InChI is InChI=1S/C23H26N2O4S/c1-6-28-21(26)17-18-15-11-8-12-16(27-5)20(15)29-23(17,4)25(22(30)24-18)19-13(2)9-7-10-14(19)3/h7-12,17-18H,6H2,1-5H3,(H,24,30). The van der Waals surface area contributed by atoms with Crippen LogP contribution in [-0.4, -0.2) is 30.5 Å². The molecule has 0 amide bonds. The molecule has 4 rings (SSSR count). The Morgan fingerprint density at radius 3 is 2.53 bits per heavy atom. The molecule has 3 unspecified atom stereocenters. The number of ether oxygens (including phenoxy) is 3. The van der Waals surface area contributed by atoms with E-state index in [4.69, 9.17) is 26.4 Å². The summed E-state index contributed by atoms with van der Waals surface area (Å²) in [6.07, 6.45) is 0. The predicted molar refractivity (Wildman–Crippen MR) is 119 cm³/mol. The third-order valence-corrected chi connectivity index (χ3v) is 6.21. The summed E-state index contributed by atoms with van der Waals surface area (Å²) in [4.78, 5) is 15.1. The van der Waals surface area contributed by atoms with E-state index in [0.717, 1.165) is 22.4 Å². The van der Waals surface area contributed by atoms with Crippen molar-refractivity contribution in [2.45, 2.75) is 39.5 Å². The minimum Gasteiger partial charge on any atom is -0.493 e. The zero-order valence-corrected chi connectivity index (χ0v) is 18.6. The Hall–Kier alpha value is -2.80. The Bertz CT molecular complexity index is 1000. The van der Waals surface area contributed by atoms with Crippen molar-refractivity contribution in [1.29, 1.82) is 0 Å². The third kappa shape index (κ3) is 2.91. The van der Waals surface area contributed by atoms with E-state index in [0.29, 0.717) is 16.6 Å². The average molecular weight is 427 g/mol. The third-order valence-electron chi connectivity index (χ3n) is 5.91. The van der Waals surface area contributed by atoms with Crippen LogP contribution in [0.5, 0.6) is 11.5 Å². The first-order valence-electron chi connectivity index (χ1n) is 10.0. The van der Waals surface area contributed by atoms with Gasteiger partial charge in [0.25, 0.3) is 0 Å². The van der Waals surface area contributed by atoms with E-state index < -0.39 is 11.6 Å². The maximum absolute atomic E-state index is 13.2. The van der Waals surface area contributed by atoms with Crippen molar-refractivity contribution in [3.05, 3.63) is 53.1 Å². The molecular weight excluding hydrogens is 400 g/mol. The SMILES string of the molecule is CCOC(=O)C1C2NC(=S)N(c3c(C)cccc3C)C1(C)Oc1c(OC)cccc12. The number of esters is 1. The molecule has 2 aliphatic heterocycles. The zero-order valence-electron chi connectivity index (χ0n) is 17.8. The molecule has 0 saturated carbocycles. The van der Waals surface area contributed by atoms with Gasteiger partial charge in [0.15, 0.2) is 16.6 Å². The van der Waals surface area contributed by atoms with E-state index in [1.54, 1.807) is 14.0 Å². The second kappa shape index (κ2) is 7.47. The van der Waals surface area contributed by atoms with Crippen LogP contribution in [0.15, 0.2) is 36.4 Å². The van der Waals surface area contributed by atoms with Crippen molar-refractivity contribution in [2.75, 3.05) is 18.6 Å². The summed E-state index contributed by atoms with van der Waals surface area (Å²) < 4.78 is 17.6. The van der Waals surface area contributed by atoms with Gasteiger partial charge in [0.2, 0.25) is 5.72 Å². The van der Waals surface area contributed by atoms with Crippen LogP contribution >= 0.6 is 12.2 Å². The summed E-state index contributed by atoms with van der Waals surface area (Å²) in [7, 11) is 1.61. The Morgan fingerprint density at radius 1 is 1.23 bits per heavy atom. The second-order valence-electron chi connectivity index (χ2n) is 7.77. The van der Waals surface area contributed by atoms with E-state index in [-0.39, 0.29) is 18.6 Å². The average Bonchev–Trinajstić information content (AvgIpc) is 2.69. The Balaban J connectivity index is 1.97. The highest BCUT2D eigenvalue weighted by Crippen LogP contribution is 2.53. The van der Waals surface area contributed by atoms with Gasteiger partial charge in [-0.1, -0.05) is 30.3 Å². The molecule has 0 spiro atoms. The number of nitrogens with one attached hydrogen (secondary N) is 1. The van der Waals surface area contributed by atoms with Crippen LogP contribution < -0.4 is 19.7 Å². The number of hydrogen-bond donors (Lipinski definition) is 1. The number of rotatable bonds is 4. The Labute approximate surface area is 182 Å². The normalized spacial score (nSPS) is 24.4. The van der Waals surface area contributed by atoms with Crippen molar-refractivity contribution >= 4 is 29.0 Å². The topological polar surface area (TPSA) is 60.0 Å². The van der Waals surface area contributed by atoms with Crippen LogP contribution in [0, 0.1) is 19.8 Å². The molecule has 1 fully saturated rings. The number of benzene rings is 2. The molecule has 0 aromatic heterocycles. The van der Waals surface area contributed by atoms with Crippen molar-refractivity contribution in [3.63, 3.8) is 0 Å². The summed E-state index contributed by atoms with van der Waals surface area (Å²) in [5.41, 5.74) is 2.72. The first-order valence-corrected chi connectivity index (χ1v) is 10.4. The van der Waals surface area contributed by atoms with Gasteiger partial charge in [-0.05, 0) is 57.1 Å². The van der Waals surface area contributed by atoms with E-state index in [1.165, 1.54) is 0 Å². The van der Waals surface area contributed by atoms with E-state index in [2.05, 4.69) is 5.32 Å². The van der Waals surface area contributed by atoms with E-state index in [1.807, 2.05) is 62.1 Å². The minimum atomic E-state index is -1.10. The lowest BCUT2D eigenvalue weighted by molar-refractivity contribution is -0.159. The summed E-state index contributed by atoms with van der Waals surface area (Å²) in [6, 6.07) is 11.3. The molecule has 2 bridgehead atoms. The molecule has 7 heteroatoms. The molecular formula is C23H26N2O4S. The predicted octanol–water partition coefficient (Wildman–Crippen LogP) is 4.04. The van der Waals surface area contributed by atoms with Gasteiger partial charge in [-0.3, -0.25) is 9.69 Å². The number of anilines is 1. The fraction of sp³-hybridized carbons (Fsp3) is 0.391. The molecule has 2 aromatic carbocycles. The Morgan fingerprint density at radius 2 is 1.90 bits per heavy atom. The second-order valence-corrected chi connectivity index (χ2v) is 8.15. The molecule has 3 atom stereocenters. The molecule has 1 saturated heterocycles. The van der Waals surface area contributed by atoms with Gasteiger partial charge < -0.3 is 19.5 Å². The highest BCUT2D eigenvalue weighted by Gasteiger charge is 2.60. The number of thiocarbonyl (C=S) groups is 1. The van der Waals surface area contributed by atoms with Crippen molar-refractivity contribution in [1.82, 2.24) is 5.32 Å². The molecule has 2 heterocycles. The molecule has 2 aromatic rings. The van der Waals surface area contributed by atoms with E-state index >= 15 is 0 Å². The lowest BCUT2D eigenvalue weighted by Gasteiger charge is -2.56. The highest BCUT2D eigenvalue weighted by atomic mass is 32.1. The number of hydrogen-bond acceptors (Lipinski definition) is 5. The number of carbonyl (C=O) groups is 1. The molecule has 6 nitrogen and oxygen atoms in total. The van der Waals surface area contributed by atoms with Crippen LogP contribution in [0.1, 0.15) is 36.6 Å². The molecule has 1 N–H and O–H groups in total. The highest BCUT2D eigenvalue weighted by molar-refractivity contribution is 7.80. The Kier molecular flexibility index (Phi) is 5.10. The van der Waals surface area contributed by atoms with Gasteiger partial charge in [-0.15, -0.1) is 0 Å². The zero-order chi connectivity index (χ0) is 21.6. The quantitative estimate of drug-likeness (QED) is 0.585. The number of carbonyl (C=O) groups excluding carboxylic acids is 1. The van der Waals surface area contributed by atoms with Gasteiger partial charge in [0.1, 0.15) is 5.92 Å².